The molecule has 0 bridgehead atoms. The van der Waals surface area contributed by atoms with E-state index in [1.807, 2.05) is 54.1 Å². The van der Waals surface area contributed by atoms with E-state index >= 15 is 0 Å². The molecule has 1 saturated heterocycles. The van der Waals surface area contributed by atoms with E-state index in [9.17, 15) is 9.59 Å². The number of aromatic nitrogens is 1. The lowest BCUT2D eigenvalue weighted by Crippen LogP contribution is -2.27. The van der Waals surface area contributed by atoms with E-state index in [1.165, 1.54) is 10.5 Å². The van der Waals surface area contributed by atoms with Gasteiger partial charge in [0.2, 0.25) is 0 Å². The van der Waals surface area contributed by atoms with Crippen LogP contribution in [0.2, 0.25) is 5.02 Å². The quantitative estimate of drug-likeness (QED) is 0.536. The number of aryl methyl sites for hydroxylation is 1. The summed E-state index contributed by atoms with van der Waals surface area (Å²) in [5.74, 6) is -0.330. The minimum absolute atomic E-state index is 0.318. The molecule has 4 rings (SSSR count). The average Bonchev–Trinajstić information content (AvgIpc) is 3.22. The molecule has 2 amide bonds. The van der Waals surface area contributed by atoms with Crippen LogP contribution in [-0.4, -0.2) is 15.7 Å². The maximum absolute atomic E-state index is 12.8. The topological polar surface area (TPSA) is 42.3 Å². The summed E-state index contributed by atoms with van der Waals surface area (Å²) in [4.78, 5) is 26.7. The molecule has 134 valence electrons. The van der Waals surface area contributed by atoms with Crippen LogP contribution in [0.15, 0.2) is 71.8 Å². The molecule has 2 aromatic carbocycles. The highest BCUT2D eigenvalue weighted by Crippen LogP contribution is 2.36. The maximum atomic E-state index is 12.8. The summed E-state index contributed by atoms with van der Waals surface area (Å²) in [6.45, 7) is 2.03. The third-order valence-corrected chi connectivity index (χ3v) is 5.37. The van der Waals surface area contributed by atoms with Gasteiger partial charge in [0, 0.05) is 22.6 Å². The Morgan fingerprint density at radius 3 is 2.30 bits per heavy atom. The van der Waals surface area contributed by atoms with Gasteiger partial charge < -0.3 is 4.57 Å². The summed E-state index contributed by atoms with van der Waals surface area (Å²) in [5.41, 5.74) is 3.52. The van der Waals surface area contributed by atoms with Crippen molar-refractivity contribution in [3.63, 3.8) is 0 Å². The van der Waals surface area contributed by atoms with Crippen LogP contribution < -0.4 is 4.90 Å². The minimum Gasteiger partial charge on any atom is -0.317 e. The standard InChI is InChI=1S/C21H15ClN2O2S/c1-14-4-8-16(9-5-14)23-12-2-3-18(23)13-19-20(25)24(21(26)27-19)17-10-6-15(22)7-11-17/h2-13H,1H3/b19-13+. The first kappa shape index (κ1) is 17.6. The van der Waals surface area contributed by atoms with Crippen LogP contribution >= 0.6 is 23.4 Å². The second-order valence-corrected chi connectivity index (χ2v) is 7.56. The van der Waals surface area contributed by atoms with E-state index in [2.05, 4.69) is 0 Å². The number of imide groups is 1. The summed E-state index contributed by atoms with van der Waals surface area (Å²) in [5, 5.41) is 0.235. The van der Waals surface area contributed by atoms with Gasteiger partial charge in [-0.1, -0.05) is 29.3 Å². The van der Waals surface area contributed by atoms with Crippen LogP contribution in [0.4, 0.5) is 10.5 Å². The third kappa shape index (κ3) is 3.44. The van der Waals surface area contributed by atoms with Gasteiger partial charge in [-0.15, -0.1) is 0 Å². The normalized spacial score (nSPS) is 15.8. The largest absolute Gasteiger partial charge is 0.317 e. The lowest BCUT2D eigenvalue weighted by atomic mass is 10.2. The molecule has 1 aromatic heterocycles. The van der Waals surface area contributed by atoms with Gasteiger partial charge in [-0.05, 0) is 73.3 Å². The van der Waals surface area contributed by atoms with Crippen molar-refractivity contribution in [3.05, 3.63) is 88.0 Å². The molecule has 0 N–H and O–H groups in total. The number of carbonyl (C=O) groups is 2. The molecule has 4 nitrogen and oxygen atoms in total. The Morgan fingerprint density at radius 1 is 0.926 bits per heavy atom. The molecule has 1 aliphatic heterocycles. The fraction of sp³-hybridized carbons (Fsp3) is 0.0476. The molecule has 27 heavy (non-hydrogen) atoms. The second kappa shape index (κ2) is 7.10. The first-order chi connectivity index (χ1) is 13.0. The summed E-state index contributed by atoms with van der Waals surface area (Å²) in [6.07, 6.45) is 3.68. The molecular weight excluding hydrogens is 380 g/mol. The van der Waals surface area contributed by atoms with Crippen LogP contribution in [-0.2, 0) is 4.79 Å². The van der Waals surface area contributed by atoms with Crippen molar-refractivity contribution in [1.82, 2.24) is 4.57 Å². The first-order valence-corrected chi connectivity index (χ1v) is 9.50. The Kier molecular flexibility index (Phi) is 4.64. The molecule has 0 atom stereocenters. The molecule has 3 aromatic rings. The van der Waals surface area contributed by atoms with Crippen molar-refractivity contribution in [2.45, 2.75) is 6.92 Å². The smallest absolute Gasteiger partial charge is 0.298 e. The molecule has 0 saturated carbocycles. The molecule has 0 aliphatic carbocycles. The highest BCUT2D eigenvalue weighted by molar-refractivity contribution is 8.19. The molecule has 0 spiro atoms. The van der Waals surface area contributed by atoms with Crippen molar-refractivity contribution >= 4 is 46.3 Å². The Bertz CT molecular complexity index is 1050. The predicted octanol–water partition coefficient (Wildman–Crippen LogP) is 5.68. The molecule has 6 heteroatoms. The number of benzene rings is 2. The number of thioether (sulfide) groups is 1. The van der Waals surface area contributed by atoms with Crippen LogP contribution in [0.1, 0.15) is 11.3 Å². The third-order valence-electron chi connectivity index (χ3n) is 4.25. The summed E-state index contributed by atoms with van der Waals surface area (Å²) in [6, 6.07) is 18.6. The Hall–Kier alpha value is -2.76. The number of nitrogens with zero attached hydrogens (tertiary/aromatic N) is 2. The van der Waals surface area contributed by atoms with E-state index < -0.39 is 0 Å². The van der Waals surface area contributed by atoms with Crippen LogP contribution in [0.25, 0.3) is 11.8 Å². The summed E-state index contributed by atoms with van der Waals surface area (Å²) < 4.78 is 1.98. The zero-order valence-electron chi connectivity index (χ0n) is 14.4. The fourth-order valence-electron chi connectivity index (χ4n) is 2.87. The van der Waals surface area contributed by atoms with Gasteiger partial charge in [0.15, 0.2) is 0 Å². The maximum Gasteiger partial charge on any atom is 0.298 e. The summed E-state index contributed by atoms with van der Waals surface area (Å²) in [7, 11) is 0. The van der Waals surface area contributed by atoms with Crippen LogP contribution in [0.5, 0.6) is 0 Å². The number of anilines is 1. The number of hydrogen-bond donors (Lipinski definition) is 0. The minimum atomic E-state index is -0.330. The van der Waals surface area contributed by atoms with Gasteiger partial charge in [0.05, 0.1) is 10.6 Å². The van der Waals surface area contributed by atoms with Crippen molar-refractivity contribution in [2.24, 2.45) is 0 Å². The molecule has 1 fully saturated rings. The predicted molar refractivity (Wildman–Crippen MR) is 110 cm³/mol. The number of carbonyl (C=O) groups excluding carboxylic acids is 2. The second-order valence-electron chi connectivity index (χ2n) is 6.13. The number of amides is 2. The van der Waals surface area contributed by atoms with Gasteiger partial charge in [-0.3, -0.25) is 9.59 Å². The summed E-state index contributed by atoms with van der Waals surface area (Å²) >= 11 is 6.83. The van der Waals surface area contributed by atoms with E-state index in [0.717, 1.165) is 23.1 Å². The zero-order chi connectivity index (χ0) is 19.0. The van der Waals surface area contributed by atoms with Gasteiger partial charge in [-0.2, -0.15) is 0 Å². The monoisotopic (exact) mass is 394 g/mol. The van der Waals surface area contributed by atoms with Gasteiger partial charge in [-0.25, -0.2) is 4.90 Å². The zero-order valence-corrected chi connectivity index (χ0v) is 16.0. The van der Waals surface area contributed by atoms with Crippen molar-refractivity contribution < 1.29 is 9.59 Å². The molecule has 0 radical (unpaired) electrons. The van der Waals surface area contributed by atoms with E-state index in [4.69, 9.17) is 11.6 Å². The van der Waals surface area contributed by atoms with Crippen molar-refractivity contribution in [1.29, 1.82) is 0 Å². The van der Waals surface area contributed by atoms with E-state index in [0.29, 0.717) is 15.6 Å². The van der Waals surface area contributed by atoms with Gasteiger partial charge >= 0.3 is 0 Å². The SMILES string of the molecule is Cc1ccc(-n2cccc2/C=C2/SC(=O)N(c3ccc(Cl)cc3)C2=O)cc1. The highest BCUT2D eigenvalue weighted by atomic mass is 35.5. The number of rotatable bonds is 3. The number of hydrogen-bond acceptors (Lipinski definition) is 3. The Balaban J connectivity index is 1.67. The Labute approximate surface area is 166 Å². The molecule has 0 unspecified atom stereocenters. The average molecular weight is 395 g/mol. The lowest BCUT2D eigenvalue weighted by Gasteiger charge is -2.12. The molecule has 2 heterocycles. The molecular formula is C21H15ClN2O2S. The van der Waals surface area contributed by atoms with Gasteiger partial charge in [0.25, 0.3) is 11.1 Å². The van der Waals surface area contributed by atoms with Gasteiger partial charge in [0.1, 0.15) is 0 Å². The number of halogens is 1. The van der Waals surface area contributed by atoms with Crippen LogP contribution in [0, 0.1) is 6.92 Å². The highest BCUT2D eigenvalue weighted by Gasteiger charge is 2.36. The van der Waals surface area contributed by atoms with E-state index in [-0.39, 0.29) is 11.1 Å². The first-order valence-electron chi connectivity index (χ1n) is 8.31. The fourth-order valence-corrected chi connectivity index (χ4v) is 3.82. The van der Waals surface area contributed by atoms with Crippen LogP contribution in [0.3, 0.4) is 0 Å². The van der Waals surface area contributed by atoms with E-state index in [1.54, 1.807) is 30.3 Å². The molecule has 1 aliphatic rings. The van der Waals surface area contributed by atoms with Crippen molar-refractivity contribution in [3.8, 4) is 5.69 Å². The van der Waals surface area contributed by atoms with Crippen molar-refractivity contribution in [2.75, 3.05) is 4.90 Å². The lowest BCUT2D eigenvalue weighted by molar-refractivity contribution is -0.113. The Morgan fingerprint density at radius 2 is 1.59 bits per heavy atom.